The predicted molar refractivity (Wildman–Crippen MR) is 100 cm³/mol. The molecule has 1 aromatic rings. The van der Waals surface area contributed by atoms with E-state index >= 15 is 0 Å². The van der Waals surface area contributed by atoms with Crippen molar-refractivity contribution < 1.29 is 9.53 Å². The van der Waals surface area contributed by atoms with Gasteiger partial charge >= 0.3 is 0 Å². The molecule has 1 aliphatic rings. The number of nitrogens with zero attached hydrogens (tertiary/aromatic N) is 1. The van der Waals surface area contributed by atoms with E-state index in [-0.39, 0.29) is 36.8 Å². The van der Waals surface area contributed by atoms with Gasteiger partial charge in [0.15, 0.2) is 0 Å². The van der Waals surface area contributed by atoms with Crippen LogP contribution in [0.1, 0.15) is 32.6 Å². The molecule has 1 atom stereocenters. The number of hydrogen-bond donors (Lipinski definition) is 2. The van der Waals surface area contributed by atoms with Crippen LogP contribution in [-0.2, 0) is 4.79 Å². The molecule has 0 spiro atoms. The Bertz CT molecular complexity index is 492. The lowest BCUT2D eigenvalue weighted by Gasteiger charge is -2.26. The van der Waals surface area contributed by atoms with Gasteiger partial charge in [-0.25, -0.2) is 0 Å². The molecule has 1 saturated heterocycles. The normalized spacial score (nSPS) is 16.3. The quantitative estimate of drug-likeness (QED) is 0.805. The number of benzene rings is 1. The predicted octanol–water partition coefficient (Wildman–Crippen LogP) is 3.32. The second kappa shape index (κ2) is 10.6. The lowest BCUT2D eigenvalue weighted by atomic mass is 10.2. The van der Waals surface area contributed by atoms with E-state index in [1.807, 2.05) is 6.92 Å². The smallest absolute Gasteiger partial charge is 0.241 e. The Morgan fingerprint density at radius 3 is 2.39 bits per heavy atom. The average Bonchev–Trinajstić information content (AvgIpc) is 2.77. The summed E-state index contributed by atoms with van der Waals surface area (Å²) in [6, 6.07) is 5.13. The molecule has 7 heteroatoms. The van der Waals surface area contributed by atoms with Crippen molar-refractivity contribution in [2.45, 2.75) is 38.6 Å². The number of hydrogen-bond acceptors (Lipinski definition) is 4. The molecule has 0 aromatic heterocycles. The molecule has 1 aromatic carbocycles. The third-order valence-corrected chi connectivity index (χ3v) is 4.09. The molecule has 0 bridgehead atoms. The molecule has 23 heavy (non-hydrogen) atoms. The number of likely N-dealkylation sites (tertiary alicyclic amines) is 1. The van der Waals surface area contributed by atoms with Crippen LogP contribution in [0.2, 0.25) is 0 Å². The van der Waals surface area contributed by atoms with Gasteiger partial charge < -0.3 is 15.8 Å². The summed E-state index contributed by atoms with van der Waals surface area (Å²) in [4.78, 5) is 14.7. The van der Waals surface area contributed by atoms with Crippen LogP contribution in [-0.4, -0.2) is 37.0 Å². The Kier molecular flexibility index (Phi) is 10.0. The highest BCUT2D eigenvalue weighted by Gasteiger charge is 2.22. The maximum Gasteiger partial charge on any atom is 0.241 e. The van der Waals surface area contributed by atoms with Crippen LogP contribution in [0.15, 0.2) is 18.2 Å². The summed E-state index contributed by atoms with van der Waals surface area (Å²) in [7, 11) is 1.59. The number of halogens is 2. The second-order valence-electron chi connectivity index (χ2n) is 5.57. The van der Waals surface area contributed by atoms with Gasteiger partial charge in [0.05, 0.1) is 24.5 Å². The number of methoxy groups -OCH3 is 1. The van der Waals surface area contributed by atoms with Gasteiger partial charge in [-0.15, -0.1) is 24.8 Å². The second-order valence-corrected chi connectivity index (χ2v) is 5.57. The molecular weight excluding hydrogens is 337 g/mol. The average molecular weight is 364 g/mol. The number of ether oxygens (including phenoxy) is 1. The molecule has 1 aliphatic heterocycles. The van der Waals surface area contributed by atoms with E-state index in [1.165, 1.54) is 25.7 Å². The first-order valence-corrected chi connectivity index (χ1v) is 7.60. The molecule has 1 heterocycles. The minimum Gasteiger partial charge on any atom is -0.497 e. The van der Waals surface area contributed by atoms with Crippen LogP contribution >= 0.6 is 24.8 Å². The van der Waals surface area contributed by atoms with Crippen molar-refractivity contribution in [1.82, 2.24) is 4.90 Å². The van der Waals surface area contributed by atoms with Gasteiger partial charge in [-0.3, -0.25) is 9.69 Å². The molecule has 1 unspecified atom stereocenters. The fraction of sp³-hybridized carbons (Fsp3) is 0.562. The Morgan fingerprint density at radius 2 is 1.83 bits per heavy atom. The number of nitrogens with two attached hydrogens (primary N) is 1. The third-order valence-electron chi connectivity index (χ3n) is 4.09. The van der Waals surface area contributed by atoms with Crippen LogP contribution in [0.3, 0.4) is 0 Å². The molecule has 0 saturated carbocycles. The van der Waals surface area contributed by atoms with Gasteiger partial charge in [-0.05, 0) is 45.0 Å². The van der Waals surface area contributed by atoms with E-state index in [4.69, 9.17) is 10.5 Å². The summed E-state index contributed by atoms with van der Waals surface area (Å²) >= 11 is 0. The molecule has 0 aliphatic carbocycles. The Labute approximate surface area is 150 Å². The summed E-state index contributed by atoms with van der Waals surface area (Å²) in [5, 5.41) is 2.92. The van der Waals surface area contributed by atoms with E-state index in [0.29, 0.717) is 17.1 Å². The lowest BCUT2D eigenvalue weighted by Crippen LogP contribution is -2.42. The van der Waals surface area contributed by atoms with E-state index in [1.54, 1.807) is 25.3 Å². The Hall–Kier alpha value is -1.17. The SMILES string of the molecule is COc1ccc(N)c(NC(=O)C(C)N2CCCCCC2)c1.Cl.Cl. The number of nitrogen functional groups attached to an aromatic ring is 1. The van der Waals surface area contributed by atoms with E-state index in [9.17, 15) is 4.79 Å². The van der Waals surface area contributed by atoms with Gasteiger partial charge in [0.2, 0.25) is 5.91 Å². The van der Waals surface area contributed by atoms with Crippen molar-refractivity contribution in [3.8, 4) is 5.75 Å². The van der Waals surface area contributed by atoms with Gasteiger partial charge in [0.1, 0.15) is 5.75 Å². The summed E-state index contributed by atoms with van der Waals surface area (Å²) in [5.74, 6) is 0.666. The largest absolute Gasteiger partial charge is 0.497 e. The maximum atomic E-state index is 12.4. The number of carbonyl (C=O) groups excluding carboxylic acids is 1. The summed E-state index contributed by atoms with van der Waals surface area (Å²) in [6.07, 6.45) is 4.85. The van der Waals surface area contributed by atoms with Crippen LogP contribution in [0.4, 0.5) is 11.4 Å². The molecule has 132 valence electrons. The Balaban J connectivity index is 0.00000242. The summed E-state index contributed by atoms with van der Waals surface area (Å²) in [5.41, 5.74) is 7.07. The van der Waals surface area contributed by atoms with Gasteiger partial charge in [-0.2, -0.15) is 0 Å². The molecule has 0 radical (unpaired) electrons. The molecule has 3 N–H and O–H groups in total. The number of amides is 1. The van der Waals surface area contributed by atoms with Crippen LogP contribution < -0.4 is 15.8 Å². The van der Waals surface area contributed by atoms with Crippen LogP contribution in [0.25, 0.3) is 0 Å². The summed E-state index contributed by atoms with van der Waals surface area (Å²) < 4.78 is 5.17. The first-order valence-electron chi connectivity index (χ1n) is 7.60. The van der Waals surface area contributed by atoms with Crippen molar-refractivity contribution in [3.63, 3.8) is 0 Å². The van der Waals surface area contributed by atoms with E-state index in [0.717, 1.165) is 13.1 Å². The van der Waals surface area contributed by atoms with Crippen molar-refractivity contribution in [1.29, 1.82) is 0 Å². The first-order chi connectivity index (χ1) is 10.1. The van der Waals surface area contributed by atoms with E-state index < -0.39 is 0 Å². The zero-order valence-electron chi connectivity index (χ0n) is 13.7. The number of anilines is 2. The molecule has 2 rings (SSSR count). The van der Waals surface area contributed by atoms with E-state index in [2.05, 4.69) is 10.2 Å². The maximum absolute atomic E-state index is 12.4. The molecule has 1 amide bonds. The Morgan fingerprint density at radius 1 is 1.22 bits per heavy atom. The van der Waals surface area contributed by atoms with Gasteiger partial charge in [0, 0.05) is 6.07 Å². The number of carbonyl (C=O) groups is 1. The van der Waals surface area contributed by atoms with Crippen molar-refractivity contribution in [2.24, 2.45) is 0 Å². The molecule has 1 fully saturated rings. The first kappa shape index (κ1) is 21.8. The minimum absolute atomic E-state index is 0. The highest BCUT2D eigenvalue weighted by atomic mass is 35.5. The summed E-state index contributed by atoms with van der Waals surface area (Å²) in [6.45, 7) is 3.93. The highest BCUT2D eigenvalue weighted by Crippen LogP contribution is 2.25. The van der Waals surface area contributed by atoms with Crippen molar-refractivity contribution >= 4 is 42.1 Å². The fourth-order valence-electron chi connectivity index (χ4n) is 2.66. The standard InChI is InChI=1S/C16H25N3O2.2ClH/c1-12(19-9-5-3-4-6-10-19)16(20)18-15-11-13(21-2)7-8-14(15)17;;/h7-8,11-12H,3-6,9-10,17H2,1-2H3,(H,18,20);2*1H. The van der Waals surface area contributed by atoms with Crippen LogP contribution in [0, 0.1) is 0 Å². The topological polar surface area (TPSA) is 67.6 Å². The molecule has 5 nitrogen and oxygen atoms in total. The molecular formula is C16H27Cl2N3O2. The van der Waals surface area contributed by atoms with Crippen LogP contribution in [0.5, 0.6) is 5.75 Å². The minimum atomic E-state index is -0.145. The fourth-order valence-corrected chi connectivity index (χ4v) is 2.66. The van der Waals surface area contributed by atoms with Gasteiger partial charge in [-0.1, -0.05) is 12.8 Å². The van der Waals surface area contributed by atoms with Gasteiger partial charge in [0.25, 0.3) is 0 Å². The lowest BCUT2D eigenvalue weighted by molar-refractivity contribution is -0.120. The zero-order chi connectivity index (χ0) is 15.2. The zero-order valence-corrected chi connectivity index (χ0v) is 15.3. The van der Waals surface area contributed by atoms with Crippen molar-refractivity contribution in [3.05, 3.63) is 18.2 Å². The monoisotopic (exact) mass is 363 g/mol. The number of rotatable bonds is 4. The van der Waals surface area contributed by atoms with Crippen molar-refractivity contribution in [2.75, 3.05) is 31.2 Å². The third kappa shape index (κ3) is 6.09. The number of nitrogens with one attached hydrogen (secondary N) is 1. The highest BCUT2D eigenvalue weighted by molar-refractivity contribution is 5.97.